The normalized spacial score (nSPS) is 11.1. The Labute approximate surface area is 121 Å². The lowest BCUT2D eigenvalue weighted by Crippen LogP contribution is -2.41. The fourth-order valence-electron chi connectivity index (χ4n) is 1.37. The summed E-state index contributed by atoms with van der Waals surface area (Å²) in [7, 11) is 0. The number of anilines is 1. The number of amides is 1. The van der Waals surface area contributed by atoms with Gasteiger partial charge in [0.2, 0.25) is 5.91 Å². The lowest BCUT2D eigenvalue weighted by molar-refractivity contribution is -0.121. The van der Waals surface area contributed by atoms with Gasteiger partial charge in [-0.3, -0.25) is 4.79 Å². The minimum atomic E-state index is -0.854. The molecule has 0 bridgehead atoms. The number of aryl methyl sites for hydroxylation is 1. The second-order valence-electron chi connectivity index (χ2n) is 4.60. The van der Waals surface area contributed by atoms with Crippen LogP contribution in [0.5, 0.6) is 0 Å². The monoisotopic (exact) mass is 328 g/mol. The van der Waals surface area contributed by atoms with Crippen molar-refractivity contribution in [2.24, 2.45) is 11.1 Å². The summed E-state index contributed by atoms with van der Waals surface area (Å²) in [6.07, 6.45) is 0.836. The number of hydrogen-bond donors (Lipinski definition) is 2. The number of hydrogen-bond acceptors (Lipinski definition) is 2. The summed E-state index contributed by atoms with van der Waals surface area (Å²) in [5.41, 5.74) is 6.60. The maximum absolute atomic E-state index is 12.1. The van der Waals surface area contributed by atoms with Gasteiger partial charge in [0, 0.05) is 10.2 Å². The van der Waals surface area contributed by atoms with Crippen molar-refractivity contribution in [2.75, 3.05) is 5.32 Å². The van der Waals surface area contributed by atoms with Crippen molar-refractivity contribution in [1.82, 2.24) is 0 Å². The van der Waals surface area contributed by atoms with Crippen LogP contribution in [0.3, 0.4) is 0 Å². The Morgan fingerprint density at radius 3 is 2.61 bits per heavy atom. The van der Waals surface area contributed by atoms with Gasteiger partial charge in [0.15, 0.2) is 0 Å². The molecule has 0 aliphatic carbocycles. The van der Waals surface area contributed by atoms with Crippen LogP contribution >= 0.6 is 28.1 Å². The van der Waals surface area contributed by atoms with Crippen molar-refractivity contribution in [3.63, 3.8) is 0 Å². The molecule has 18 heavy (non-hydrogen) atoms. The van der Waals surface area contributed by atoms with E-state index < -0.39 is 5.41 Å². The van der Waals surface area contributed by atoms with E-state index in [2.05, 4.69) is 21.2 Å². The van der Waals surface area contributed by atoms with Gasteiger partial charge in [0.1, 0.15) is 0 Å². The Kier molecular flexibility index (Phi) is 4.87. The summed E-state index contributed by atoms with van der Waals surface area (Å²) in [6, 6.07) is 5.75. The van der Waals surface area contributed by atoms with Gasteiger partial charge in [0.25, 0.3) is 0 Å². The van der Waals surface area contributed by atoms with E-state index in [0.29, 0.717) is 0 Å². The molecule has 1 aromatic carbocycles. The molecular formula is C13H17BrN2OS. The van der Waals surface area contributed by atoms with Crippen LogP contribution in [0.1, 0.15) is 26.3 Å². The van der Waals surface area contributed by atoms with Crippen LogP contribution in [-0.2, 0) is 11.2 Å². The Hall–Kier alpha value is -0.940. The Morgan fingerprint density at radius 2 is 2.11 bits per heavy atom. The number of nitrogens with one attached hydrogen (secondary N) is 1. The van der Waals surface area contributed by atoms with E-state index in [0.717, 1.165) is 22.1 Å². The number of benzene rings is 1. The van der Waals surface area contributed by atoms with E-state index in [1.165, 1.54) is 0 Å². The smallest absolute Gasteiger partial charge is 0.236 e. The maximum atomic E-state index is 12.1. The van der Waals surface area contributed by atoms with Crippen LogP contribution in [0.15, 0.2) is 22.7 Å². The molecule has 0 aromatic heterocycles. The lowest BCUT2D eigenvalue weighted by atomic mass is 9.92. The molecule has 0 spiro atoms. The largest absolute Gasteiger partial charge is 0.392 e. The van der Waals surface area contributed by atoms with Gasteiger partial charge < -0.3 is 11.1 Å². The van der Waals surface area contributed by atoms with Gasteiger partial charge in [0.05, 0.1) is 10.4 Å². The van der Waals surface area contributed by atoms with Crippen LogP contribution in [0.2, 0.25) is 0 Å². The van der Waals surface area contributed by atoms with Crippen LogP contribution < -0.4 is 11.1 Å². The molecule has 3 N–H and O–H groups in total. The number of thiocarbonyl (C=S) groups is 1. The summed E-state index contributed by atoms with van der Waals surface area (Å²) in [5.74, 6) is -0.188. The molecule has 0 saturated carbocycles. The first-order valence-electron chi connectivity index (χ1n) is 5.68. The standard InChI is InChI=1S/C13H17BrN2OS/c1-4-8-7-9(14)5-6-10(8)16-12(17)13(2,3)11(15)18/h5-7H,4H2,1-3H3,(H2,15,18)(H,16,17). The van der Waals surface area contributed by atoms with E-state index in [-0.39, 0.29) is 10.9 Å². The Morgan fingerprint density at radius 1 is 1.50 bits per heavy atom. The van der Waals surface area contributed by atoms with Gasteiger partial charge in [-0.2, -0.15) is 0 Å². The van der Waals surface area contributed by atoms with Crippen molar-refractivity contribution in [2.45, 2.75) is 27.2 Å². The average Bonchev–Trinajstić information content (AvgIpc) is 2.30. The third-order valence-corrected chi connectivity index (χ3v) is 3.88. The van der Waals surface area contributed by atoms with Gasteiger partial charge in [-0.1, -0.05) is 35.1 Å². The van der Waals surface area contributed by atoms with E-state index in [9.17, 15) is 4.79 Å². The minimum Gasteiger partial charge on any atom is -0.392 e. The Bertz CT molecular complexity index is 486. The molecule has 0 atom stereocenters. The van der Waals surface area contributed by atoms with Crippen molar-refractivity contribution >= 4 is 44.7 Å². The number of carbonyl (C=O) groups is 1. The lowest BCUT2D eigenvalue weighted by Gasteiger charge is -2.22. The first-order valence-corrected chi connectivity index (χ1v) is 6.89. The van der Waals surface area contributed by atoms with Crippen LogP contribution in [0, 0.1) is 5.41 Å². The highest BCUT2D eigenvalue weighted by atomic mass is 79.9. The van der Waals surface area contributed by atoms with Gasteiger partial charge in [-0.25, -0.2) is 0 Å². The highest BCUT2D eigenvalue weighted by Gasteiger charge is 2.31. The Balaban J connectivity index is 2.98. The zero-order valence-corrected chi connectivity index (χ0v) is 13.1. The quantitative estimate of drug-likeness (QED) is 0.834. The second-order valence-corrected chi connectivity index (χ2v) is 5.95. The van der Waals surface area contributed by atoms with Gasteiger partial charge in [-0.05, 0) is 44.0 Å². The number of rotatable bonds is 4. The molecule has 3 nitrogen and oxygen atoms in total. The van der Waals surface area contributed by atoms with Crippen molar-refractivity contribution in [1.29, 1.82) is 0 Å². The topological polar surface area (TPSA) is 55.1 Å². The average molecular weight is 329 g/mol. The molecule has 1 aromatic rings. The maximum Gasteiger partial charge on any atom is 0.236 e. The molecule has 0 heterocycles. The van der Waals surface area contributed by atoms with Gasteiger partial charge in [-0.15, -0.1) is 0 Å². The number of halogens is 1. The molecule has 1 amide bonds. The zero-order chi connectivity index (χ0) is 13.9. The fraction of sp³-hybridized carbons (Fsp3) is 0.385. The molecule has 0 aliphatic heterocycles. The molecule has 98 valence electrons. The molecule has 0 aliphatic rings. The van der Waals surface area contributed by atoms with Crippen molar-refractivity contribution < 1.29 is 4.79 Å². The van der Waals surface area contributed by atoms with E-state index >= 15 is 0 Å². The van der Waals surface area contributed by atoms with E-state index in [4.69, 9.17) is 18.0 Å². The summed E-state index contributed by atoms with van der Waals surface area (Å²) in [6.45, 7) is 5.47. The zero-order valence-electron chi connectivity index (χ0n) is 10.7. The molecule has 0 radical (unpaired) electrons. The van der Waals surface area contributed by atoms with Crippen LogP contribution in [-0.4, -0.2) is 10.9 Å². The first-order chi connectivity index (χ1) is 8.28. The van der Waals surface area contributed by atoms with Crippen molar-refractivity contribution in [3.05, 3.63) is 28.2 Å². The third kappa shape index (κ3) is 3.29. The molecule has 0 unspecified atom stereocenters. The number of carbonyl (C=O) groups excluding carboxylic acids is 1. The highest BCUT2D eigenvalue weighted by molar-refractivity contribution is 9.10. The molecule has 1 rings (SSSR count). The molecular weight excluding hydrogens is 312 g/mol. The van der Waals surface area contributed by atoms with E-state index in [1.807, 2.05) is 25.1 Å². The predicted octanol–water partition coefficient (Wildman–Crippen LogP) is 3.26. The van der Waals surface area contributed by atoms with E-state index in [1.54, 1.807) is 13.8 Å². The first kappa shape index (κ1) is 15.1. The highest BCUT2D eigenvalue weighted by Crippen LogP contribution is 2.24. The van der Waals surface area contributed by atoms with Gasteiger partial charge >= 0.3 is 0 Å². The number of nitrogens with two attached hydrogens (primary N) is 1. The minimum absolute atomic E-state index is 0.188. The SMILES string of the molecule is CCc1cc(Br)ccc1NC(=O)C(C)(C)C(N)=S. The third-order valence-electron chi connectivity index (χ3n) is 2.88. The molecule has 5 heteroatoms. The molecule has 0 saturated heterocycles. The summed E-state index contributed by atoms with van der Waals surface area (Å²) in [4.78, 5) is 12.3. The summed E-state index contributed by atoms with van der Waals surface area (Å²) >= 11 is 8.33. The predicted molar refractivity (Wildman–Crippen MR) is 82.7 cm³/mol. The summed E-state index contributed by atoms with van der Waals surface area (Å²) < 4.78 is 0.992. The second kappa shape index (κ2) is 5.80. The molecule has 0 fully saturated rings. The van der Waals surface area contributed by atoms with Crippen LogP contribution in [0.25, 0.3) is 0 Å². The fourth-order valence-corrected chi connectivity index (χ4v) is 1.87. The summed E-state index contributed by atoms with van der Waals surface area (Å²) in [5, 5.41) is 2.88. The van der Waals surface area contributed by atoms with Crippen molar-refractivity contribution in [3.8, 4) is 0 Å². The van der Waals surface area contributed by atoms with Crippen LogP contribution in [0.4, 0.5) is 5.69 Å².